The molecule has 1 aliphatic rings. The van der Waals surface area contributed by atoms with Crippen LogP contribution in [0.2, 0.25) is 0 Å². The van der Waals surface area contributed by atoms with E-state index < -0.39 is 12.0 Å². The second kappa shape index (κ2) is 6.60. The Morgan fingerprint density at radius 3 is 3.05 bits per heavy atom. The molecule has 0 aromatic carbocycles. The number of pyridine rings is 1. The van der Waals surface area contributed by atoms with Gasteiger partial charge in [0.15, 0.2) is 0 Å². The maximum Gasteiger partial charge on any atom is 0.327 e. The van der Waals surface area contributed by atoms with Gasteiger partial charge in [0.25, 0.3) is 0 Å². The Morgan fingerprint density at radius 1 is 1.60 bits per heavy atom. The number of aliphatic carboxylic acids is 1. The highest BCUT2D eigenvalue weighted by Gasteiger charge is 2.32. The molecule has 2 atom stereocenters. The van der Waals surface area contributed by atoms with Crippen molar-refractivity contribution in [1.29, 1.82) is 0 Å². The van der Waals surface area contributed by atoms with Gasteiger partial charge in [0, 0.05) is 30.4 Å². The van der Waals surface area contributed by atoms with Crippen LogP contribution in [-0.4, -0.2) is 51.1 Å². The lowest BCUT2D eigenvalue weighted by Gasteiger charge is -2.33. The van der Waals surface area contributed by atoms with Gasteiger partial charge < -0.3 is 15.3 Å². The molecular formula is C13H17N3O3S. The van der Waals surface area contributed by atoms with E-state index >= 15 is 0 Å². The monoisotopic (exact) mass is 295 g/mol. The molecule has 20 heavy (non-hydrogen) atoms. The van der Waals surface area contributed by atoms with Gasteiger partial charge in [-0.3, -0.25) is 4.98 Å². The third kappa shape index (κ3) is 3.41. The number of rotatable bonds is 3. The molecule has 2 amide bonds. The Kier molecular flexibility index (Phi) is 4.84. The third-order valence-electron chi connectivity index (χ3n) is 3.20. The van der Waals surface area contributed by atoms with E-state index in [0.29, 0.717) is 12.3 Å². The zero-order chi connectivity index (χ0) is 14.5. The predicted molar refractivity (Wildman–Crippen MR) is 76.6 cm³/mol. The van der Waals surface area contributed by atoms with Gasteiger partial charge in [-0.15, -0.1) is 0 Å². The molecule has 2 unspecified atom stereocenters. The first-order valence-corrected chi connectivity index (χ1v) is 7.52. The van der Waals surface area contributed by atoms with E-state index in [4.69, 9.17) is 5.11 Å². The number of carbonyl (C=O) groups excluding carboxylic acids is 1. The molecule has 1 saturated heterocycles. The Hall–Kier alpha value is -1.76. The summed E-state index contributed by atoms with van der Waals surface area (Å²) in [6.45, 7) is 2.30. The number of urea groups is 1. The Balaban J connectivity index is 2.01. The minimum absolute atomic E-state index is 0.208. The average molecular weight is 295 g/mol. The third-order valence-corrected chi connectivity index (χ3v) is 4.22. The fourth-order valence-electron chi connectivity index (χ4n) is 2.03. The van der Waals surface area contributed by atoms with Crippen LogP contribution in [0.4, 0.5) is 4.79 Å². The lowest BCUT2D eigenvalue weighted by molar-refractivity contribution is -0.141. The Labute approximate surface area is 121 Å². The summed E-state index contributed by atoms with van der Waals surface area (Å²) in [4.78, 5) is 28.8. The maximum absolute atomic E-state index is 12.2. The van der Waals surface area contributed by atoms with Crippen molar-refractivity contribution in [3.63, 3.8) is 0 Å². The SMILES string of the molecule is CC(NC(=O)N1CCSCC1C(=O)O)c1cccnc1. The summed E-state index contributed by atoms with van der Waals surface area (Å²) in [5.41, 5.74) is 0.888. The van der Waals surface area contributed by atoms with Crippen LogP contribution in [0.1, 0.15) is 18.5 Å². The molecule has 1 aromatic heterocycles. The van der Waals surface area contributed by atoms with E-state index in [2.05, 4.69) is 10.3 Å². The van der Waals surface area contributed by atoms with Gasteiger partial charge in [0.05, 0.1) is 6.04 Å². The van der Waals surface area contributed by atoms with Crippen molar-refractivity contribution in [1.82, 2.24) is 15.2 Å². The number of thioether (sulfide) groups is 1. The lowest BCUT2D eigenvalue weighted by atomic mass is 10.1. The summed E-state index contributed by atoms with van der Waals surface area (Å²) in [7, 11) is 0. The molecule has 2 N–H and O–H groups in total. The molecule has 0 aliphatic carbocycles. The van der Waals surface area contributed by atoms with Gasteiger partial charge in [-0.05, 0) is 18.6 Å². The molecule has 108 valence electrons. The first-order valence-electron chi connectivity index (χ1n) is 6.37. The second-order valence-corrected chi connectivity index (χ2v) is 5.73. The van der Waals surface area contributed by atoms with E-state index in [-0.39, 0.29) is 12.1 Å². The predicted octanol–water partition coefficient (Wildman–Crippen LogP) is 1.35. The lowest BCUT2D eigenvalue weighted by Crippen LogP contribution is -2.54. The van der Waals surface area contributed by atoms with Gasteiger partial charge in [0.2, 0.25) is 0 Å². The van der Waals surface area contributed by atoms with Crippen molar-refractivity contribution in [2.24, 2.45) is 0 Å². The van der Waals surface area contributed by atoms with Crippen LogP contribution in [-0.2, 0) is 4.79 Å². The molecule has 6 nitrogen and oxygen atoms in total. The summed E-state index contributed by atoms with van der Waals surface area (Å²) in [6.07, 6.45) is 3.35. The molecule has 0 radical (unpaired) electrons. The zero-order valence-corrected chi connectivity index (χ0v) is 12.0. The number of carboxylic acid groups (broad SMARTS) is 1. The normalized spacial score (nSPS) is 20.2. The first kappa shape index (κ1) is 14.6. The quantitative estimate of drug-likeness (QED) is 0.879. The largest absolute Gasteiger partial charge is 0.480 e. The van der Waals surface area contributed by atoms with Crippen LogP contribution in [0.25, 0.3) is 0 Å². The number of amides is 2. The summed E-state index contributed by atoms with van der Waals surface area (Å²) in [5, 5.41) is 12.0. The number of nitrogens with zero attached hydrogens (tertiary/aromatic N) is 2. The molecule has 1 aliphatic heterocycles. The van der Waals surface area contributed by atoms with E-state index in [9.17, 15) is 9.59 Å². The molecule has 0 spiro atoms. The highest BCUT2D eigenvalue weighted by atomic mass is 32.2. The minimum atomic E-state index is -0.957. The van der Waals surface area contributed by atoms with Crippen molar-refractivity contribution in [2.45, 2.75) is 19.0 Å². The number of hydrogen-bond donors (Lipinski definition) is 2. The topological polar surface area (TPSA) is 82.5 Å². The van der Waals surface area contributed by atoms with Crippen LogP contribution in [0, 0.1) is 0 Å². The Bertz CT molecular complexity index is 483. The maximum atomic E-state index is 12.2. The fourth-order valence-corrected chi connectivity index (χ4v) is 3.07. The van der Waals surface area contributed by atoms with Crippen molar-refractivity contribution >= 4 is 23.8 Å². The van der Waals surface area contributed by atoms with E-state index in [0.717, 1.165) is 11.3 Å². The fraction of sp³-hybridized carbons (Fsp3) is 0.462. The molecule has 2 rings (SSSR count). The Morgan fingerprint density at radius 2 is 2.40 bits per heavy atom. The molecule has 1 fully saturated rings. The summed E-state index contributed by atoms with van der Waals surface area (Å²) in [5.74, 6) is 0.240. The van der Waals surface area contributed by atoms with Crippen LogP contribution < -0.4 is 5.32 Å². The van der Waals surface area contributed by atoms with Crippen LogP contribution in [0.3, 0.4) is 0 Å². The van der Waals surface area contributed by atoms with E-state index in [1.54, 1.807) is 30.2 Å². The average Bonchev–Trinajstić information content (AvgIpc) is 2.48. The number of aromatic nitrogens is 1. The van der Waals surface area contributed by atoms with Gasteiger partial charge in [-0.2, -0.15) is 11.8 Å². The summed E-state index contributed by atoms with van der Waals surface area (Å²) < 4.78 is 0. The summed E-state index contributed by atoms with van der Waals surface area (Å²) in [6, 6.07) is 2.37. The van der Waals surface area contributed by atoms with Crippen molar-refractivity contribution in [3.05, 3.63) is 30.1 Å². The minimum Gasteiger partial charge on any atom is -0.480 e. The van der Waals surface area contributed by atoms with Gasteiger partial charge in [0.1, 0.15) is 6.04 Å². The smallest absolute Gasteiger partial charge is 0.327 e. The second-order valence-electron chi connectivity index (χ2n) is 4.58. The first-order chi connectivity index (χ1) is 9.59. The number of carboxylic acids is 1. The highest BCUT2D eigenvalue weighted by Crippen LogP contribution is 2.18. The van der Waals surface area contributed by atoms with E-state index in [1.165, 1.54) is 4.90 Å². The van der Waals surface area contributed by atoms with Crippen LogP contribution in [0.5, 0.6) is 0 Å². The van der Waals surface area contributed by atoms with Gasteiger partial charge in [-0.25, -0.2) is 9.59 Å². The van der Waals surface area contributed by atoms with Gasteiger partial charge in [-0.1, -0.05) is 6.07 Å². The van der Waals surface area contributed by atoms with Gasteiger partial charge >= 0.3 is 12.0 Å². The number of nitrogens with one attached hydrogen (secondary N) is 1. The molecule has 2 heterocycles. The van der Waals surface area contributed by atoms with Crippen molar-refractivity contribution in [2.75, 3.05) is 18.1 Å². The van der Waals surface area contributed by atoms with Crippen LogP contribution in [0.15, 0.2) is 24.5 Å². The number of hydrogen-bond acceptors (Lipinski definition) is 4. The zero-order valence-electron chi connectivity index (χ0n) is 11.2. The highest BCUT2D eigenvalue weighted by molar-refractivity contribution is 7.99. The molecular weight excluding hydrogens is 278 g/mol. The molecule has 0 saturated carbocycles. The van der Waals surface area contributed by atoms with E-state index in [1.807, 2.05) is 13.0 Å². The van der Waals surface area contributed by atoms with Crippen molar-refractivity contribution < 1.29 is 14.7 Å². The molecule has 0 bridgehead atoms. The standard InChI is InChI=1S/C13H17N3O3S/c1-9(10-3-2-4-14-7-10)15-13(19)16-5-6-20-8-11(16)12(17)18/h2-4,7,9,11H,5-6,8H2,1H3,(H,15,19)(H,17,18). The number of carbonyl (C=O) groups is 2. The molecule has 7 heteroatoms. The van der Waals surface area contributed by atoms with Crippen molar-refractivity contribution in [3.8, 4) is 0 Å². The molecule has 1 aromatic rings. The summed E-state index contributed by atoms with van der Waals surface area (Å²) >= 11 is 1.56. The van der Waals surface area contributed by atoms with Crippen LogP contribution >= 0.6 is 11.8 Å².